The maximum atomic E-state index is 12.6. The van der Waals surface area contributed by atoms with Gasteiger partial charge in [0, 0.05) is 30.2 Å². The molecule has 0 radical (unpaired) electrons. The number of benzene rings is 2. The zero-order valence-electron chi connectivity index (χ0n) is 14.8. The van der Waals surface area contributed by atoms with Gasteiger partial charge in [0.05, 0.1) is 13.0 Å². The van der Waals surface area contributed by atoms with Gasteiger partial charge in [0.2, 0.25) is 11.8 Å². The Bertz CT molecular complexity index is 820. The minimum absolute atomic E-state index is 0.0104. The fourth-order valence-corrected chi connectivity index (χ4v) is 3.20. The Morgan fingerprint density at radius 3 is 2.69 bits per heavy atom. The van der Waals surface area contributed by atoms with Gasteiger partial charge >= 0.3 is 0 Å². The van der Waals surface area contributed by atoms with Gasteiger partial charge in [-0.15, -0.1) is 0 Å². The van der Waals surface area contributed by atoms with Gasteiger partial charge in [-0.05, 0) is 42.3 Å². The van der Waals surface area contributed by atoms with E-state index in [1.807, 2.05) is 37.3 Å². The van der Waals surface area contributed by atoms with Crippen LogP contribution in [0.15, 0.2) is 42.5 Å². The Balaban J connectivity index is 1.63. The molecule has 1 heterocycles. The van der Waals surface area contributed by atoms with E-state index in [1.165, 1.54) is 0 Å². The summed E-state index contributed by atoms with van der Waals surface area (Å²) in [6.07, 6.45) is 0.224. The maximum absolute atomic E-state index is 12.6. The number of methoxy groups -OCH3 is 1. The minimum atomic E-state index is -0.362. The molecule has 1 unspecified atom stereocenters. The molecule has 1 atom stereocenters. The summed E-state index contributed by atoms with van der Waals surface area (Å²) in [6, 6.07) is 13.0. The highest BCUT2D eigenvalue weighted by molar-refractivity contribution is 6.31. The quantitative estimate of drug-likeness (QED) is 0.871. The molecule has 0 aromatic heterocycles. The molecule has 0 bridgehead atoms. The Morgan fingerprint density at radius 1 is 1.27 bits per heavy atom. The summed E-state index contributed by atoms with van der Waals surface area (Å²) >= 11 is 6.09. The normalized spacial score (nSPS) is 16.7. The summed E-state index contributed by atoms with van der Waals surface area (Å²) in [4.78, 5) is 26.6. The van der Waals surface area contributed by atoms with Crippen LogP contribution in [0.5, 0.6) is 5.75 Å². The molecule has 1 aliphatic rings. The number of likely N-dealkylation sites (tertiary alicyclic amines) is 1. The largest absolute Gasteiger partial charge is 0.497 e. The van der Waals surface area contributed by atoms with Crippen molar-refractivity contribution in [2.45, 2.75) is 19.9 Å². The van der Waals surface area contributed by atoms with Gasteiger partial charge in [-0.2, -0.15) is 0 Å². The highest BCUT2D eigenvalue weighted by Gasteiger charge is 2.34. The number of ether oxygens (including phenoxy) is 1. The second-order valence-corrected chi connectivity index (χ2v) is 6.83. The van der Waals surface area contributed by atoms with Crippen LogP contribution >= 0.6 is 11.6 Å². The van der Waals surface area contributed by atoms with Crippen LogP contribution in [0, 0.1) is 12.8 Å². The molecule has 1 saturated heterocycles. The van der Waals surface area contributed by atoms with Crippen LogP contribution in [0.4, 0.5) is 5.69 Å². The third kappa shape index (κ3) is 3.99. The number of rotatable bonds is 5. The summed E-state index contributed by atoms with van der Waals surface area (Å²) < 4.78 is 5.14. The summed E-state index contributed by atoms with van der Waals surface area (Å²) in [5.74, 6) is 0.250. The van der Waals surface area contributed by atoms with E-state index in [0.717, 1.165) is 16.9 Å². The molecule has 0 spiro atoms. The Morgan fingerprint density at radius 2 is 2.00 bits per heavy atom. The number of nitrogens with one attached hydrogen (secondary N) is 1. The van der Waals surface area contributed by atoms with E-state index in [4.69, 9.17) is 16.3 Å². The van der Waals surface area contributed by atoms with Gasteiger partial charge in [-0.3, -0.25) is 9.59 Å². The SMILES string of the molecule is COc1ccc(CN2CC(C(=O)Nc3cccc(Cl)c3C)CC2=O)cc1. The standard InChI is InChI=1S/C20H21ClN2O3/c1-13-17(21)4-3-5-18(13)22-20(25)15-10-19(24)23(12-15)11-14-6-8-16(26-2)9-7-14/h3-9,15H,10-12H2,1-2H3,(H,22,25). The van der Waals surface area contributed by atoms with Crippen molar-refractivity contribution >= 4 is 29.1 Å². The van der Waals surface area contributed by atoms with E-state index in [9.17, 15) is 9.59 Å². The van der Waals surface area contributed by atoms with E-state index in [-0.39, 0.29) is 24.2 Å². The Kier molecular flexibility index (Phi) is 5.47. The number of anilines is 1. The van der Waals surface area contributed by atoms with Crippen LogP contribution in [0.3, 0.4) is 0 Å². The van der Waals surface area contributed by atoms with Gasteiger partial charge < -0.3 is 15.0 Å². The van der Waals surface area contributed by atoms with Gasteiger partial charge in [-0.1, -0.05) is 29.8 Å². The van der Waals surface area contributed by atoms with E-state index in [0.29, 0.717) is 23.8 Å². The molecular weight excluding hydrogens is 352 g/mol. The smallest absolute Gasteiger partial charge is 0.229 e. The minimum Gasteiger partial charge on any atom is -0.497 e. The zero-order chi connectivity index (χ0) is 18.7. The maximum Gasteiger partial charge on any atom is 0.229 e. The number of carbonyl (C=O) groups excluding carboxylic acids is 2. The molecule has 1 N–H and O–H groups in total. The number of nitrogens with zero attached hydrogens (tertiary/aromatic N) is 1. The first kappa shape index (κ1) is 18.3. The number of halogens is 1. The average molecular weight is 373 g/mol. The number of hydrogen-bond acceptors (Lipinski definition) is 3. The fraction of sp³-hybridized carbons (Fsp3) is 0.300. The first-order chi connectivity index (χ1) is 12.5. The predicted octanol–water partition coefficient (Wildman–Crippen LogP) is 3.64. The molecular formula is C20H21ClN2O3. The van der Waals surface area contributed by atoms with Gasteiger partial charge in [0.15, 0.2) is 0 Å². The molecule has 2 aromatic carbocycles. The van der Waals surface area contributed by atoms with Crippen LogP contribution in [-0.2, 0) is 16.1 Å². The van der Waals surface area contributed by atoms with Gasteiger partial charge in [-0.25, -0.2) is 0 Å². The average Bonchev–Trinajstić information content (AvgIpc) is 3.00. The lowest BCUT2D eigenvalue weighted by molar-refractivity contribution is -0.128. The number of carbonyl (C=O) groups is 2. The van der Waals surface area contributed by atoms with Crippen LogP contribution in [-0.4, -0.2) is 30.4 Å². The predicted molar refractivity (Wildman–Crippen MR) is 101 cm³/mol. The van der Waals surface area contributed by atoms with Crippen molar-refractivity contribution in [2.75, 3.05) is 19.0 Å². The van der Waals surface area contributed by atoms with E-state index < -0.39 is 0 Å². The fourth-order valence-electron chi connectivity index (χ4n) is 3.03. The van der Waals surface area contributed by atoms with Gasteiger partial charge in [0.1, 0.15) is 5.75 Å². The van der Waals surface area contributed by atoms with Crippen LogP contribution in [0.25, 0.3) is 0 Å². The van der Waals surface area contributed by atoms with E-state index in [1.54, 1.807) is 24.1 Å². The molecule has 136 valence electrons. The molecule has 0 aliphatic carbocycles. The molecule has 2 aromatic rings. The topological polar surface area (TPSA) is 58.6 Å². The summed E-state index contributed by atoms with van der Waals surface area (Å²) in [5.41, 5.74) is 2.51. The van der Waals surface area contributed by atoms with Crippen LogP contribution in [0.1, 0.15) is 17.5 Å². The first-order valence-corrected chi connectivity index (χ1v) is 8.82. The lowest BCUT2D eigenvalue weighted by Crippen LogP contribution is -2.28. The number of hydrogen-bond donors (Lipinski definition) is 1. The summed E-state index contributed by atoms with van der Waals surface area (Å²) in [7, 11) is 1.61. The molecule has 1 aliphatic heterocycles. The molecule has 6 heteroatoms. The van der Waals surface area contributed by atoms with Crippen LogP contribution < -0.4 is 10.1 Å². The lowest BCUT2D eigenvalue weighted by atomic mass is 10.1. The summed E-state index contributed by atoms with van der Waals surface area (Å²) in [6.45, 7) is 2.76. The van der Waals surface area contributed by atoms with Gasteiger partial charge in [0.25, 0.3) is 0 Å². The van der Waals surface area contributed by atoms with Crippen molar-refractivity contribution in [3.63, 3.8) is 0 Å². The molecule has 26 heavy (non-hydrogen) atoms. The van der Waals surface area contributed by atoms with Crippen molar-refractivity contribution in [3.8, 4) is 5.75 Å². The van der Waals surface area contributed by atoms with Crippen molar-refractivity contribution < 1.29 is 14.3 Å². The van der Waals surface area contributed by atoms with Crippen molar-refractivity contribution in [3.05, 3.63) is 58.6 Å². The first-order valence-electron chi connectivity index (χ1n) is 8.44. The van der Waals surface area contributed by atoms with Crippen LogP contribution in [0.2, 0.25) is 5.02 Å². The van der Waals surface area contributed by atoms with Crippen molar-refractivity contribution in [1.82, 2.24) is 4.90 Å². The second kappa shape index (κ2) is 7.79. The third-order valence-electron chi connectivity index (χ3n) is 4.64. The van der Waals surface area contributed by atoms with Crippen molar-refractivity contribution in [2.24, 2.45) is 5.92 Å². The molecule has 2 amide bonds. The lowest BCUT2D eigenvalue weighted by Gasteiger charge is -2.17. The number of amides is 2. The highest BCUT2D eigenvalue weighted by atomic mass is 35.5. The molecule has 0 saturated carbocycles. The molecule has 1 fully saturated rings. The summed E-state index contributed by atoms with van der Waals surface area (Å²) in [5, 5.41) is 3.50. The molecule has 3 rings (SSSR count). The van der Waals surface area contributed by atoms with E-state index in [2.05, 4.69) is 5.32 Å². The Hall–Kier alpha value is -2.53. The monoisotopic (exact) mass is 372 g/mol. The molecule has 5 nitrogen and oxygen atoms in total. The second-order valence-electron chi connectivity index (χ2n) is 6.43. The van der Waals surface area contributed by atoms with Crippen molar-refractivity contribution in [1.29, 1.82) is 0 Å². The Labute approximate surface area is 157 Å². The highest BCUT2D eigenvalue weighted by Crippen LogP contribution is 2.26. The van der Waals surface area contributed by atoms with E-state index >= 15 is 0 Å². The zero-order valence-corrected chi connectivity index (χ0v) is 15.5. The third-order valence-corrected chi connectivity index (χ3v) is 5.05.